The van der Waals surface area contributed by atoms with Crippen LogP contribution in [0.4, 0.5) is 21.3 Å². The van der Waals surface area contributed by atoms with Crippen molar-refractivity contribution in [1.29, 1.82) is 0 Å². The van der Waals surface area contributed by atoms with Gasteiger partial charge in [-0.15, -0.1) is 11.3 Å². The van der Waals surface area contributed by atoms with Crippen LogP contribution in [0.2, 0.25) is 0 Å². The molecule has 3 rings (SSSR count). The molecule has 0 bridgehead atoms. The molecule has 1 heterocycles. The van der Waals surface area contributed by atoms with E-state index in [9.17, 15) is 14.4 Å². The molecule has 4 amide bonds. The molecule has 8 nitrogen and oxygen atoms in total. The third-order valence-corrected chi connectivity index (χ3v) is 5.59. The fourth-order valence-electron chi connectivity index (χ4n) is 3.39. The summed E-state index contributed by atoms with van der Waals surface area (Å²) in [4.78, 5) is 39.9. The smallest absolute Gasteiger partial charge is 0.321 e. The number of hydrogen-bond donors (Lipinski definition) is 4. The van der Waals surface area contributed by atoms with Gasteiger partial charge in [-0.2, -0.15) is 0 Å². The van der Waals surface area contributed by atoms with E-state index >= 15 is 0 Å². The number of carbonyl (C=O) groups excluding carboxylic acids is 3. The molecule has 30 heavy (non-hydrogen) atoms. The quantitative estimate of drug-likeness (QED) is 0.530. The van der Waals surface area contributed by atoms with E-state index in [0.29, 0.717) is 22.9 Å². The summed E-state index contributed by atoms with van der Waals surface area (Å²) in [6, 6.07) is 7.00. The lowest BCUT2D eigenvalue weighted by molar-refractivity contribution is -0.116. The molecule has 0 atom stereocenters. The van der Waals surface area contributed by atoms with Crippen LogP contribution in [0.25, 0.3) is 0 Å². The SMILES string of the molecule is CC(=O)Nc1cccc(NC(=O)CCc2csc(NC(=O)NC3CCCCC3)n2)c1. The summed E-state index contributed by atoms with van der Waals surface area (Å²) in [5, 5.41) is 13.7. The van der Waals surface area contributed by atoms with Gasteiger partial charge >= 0.3 is 6.03 Å². The van der Waals surface area contributed by atoms with E-state index in [-0.39, 0.29) is 30.3 Å². The molecular weight excluding hydrogens is 402 g/mol. The van der Waals surface area contributed by atoms with Gasteiger partial charge in [0, 0.05) is 36.1 Å². The number of aryl methyl sites for hydroxylation is 1. The molecular formula is C21H27N5O3S. The van der Waals surface area contributed by atoms with E-state index in [2.05, 4.69) is 26.3 Å². The van der Waals surface area contributed by atoms with E-state index in [1.54, 1.807) is 24.3 Å². The lowest BCUT2D eigenvalue weighted by Crippen LogP contribution is -2.38. The highest BCUT2D eigenvalue weighted by atomic mass is 32.1. The van der Waals surface area contributed by atoms with Crippen molar-refractivity contribution in [2.75, 3.05) is 16.0 Å². The molecule has 0 aliphatic heterocycles. The second kappa shape index (κ2) is 10.7. The molecule has 1 aliphatic rings. The molecule has 1 aromatic carbocycles. The van der Waals surface area contributed by atoms with Crippen LogP contribution in [0.3, 0.4) is 0 Å². The Balaban J connectivity index is 1.42. The summed E-state index contributed by atoms with van der Waals surface area (Å²) in [5.74, 6) is -0.314. The van der Waals surface area contributed by atoms with Gasteiger partial charge < -0.3 is 16.0 Å². The zero-order chi connectivity index (χ0) is 21.3. The van der Waals surface area contributed by atoms with Crippen molar-refractivity contribution >= 4 is 45.7 Å². The van der Waals surface area contributed by atoms with Crippen molar-refractivity contribution in [3.8, 4) is 0 Å². The minimum absolute atomic E-state index is 0.146. The number of nitrogens with one attached hydrogen (secondary N) is 4. The molecule has 2 aromatic rings. The van der Waals surface area contributed by atoms with E-state index in [1.807, 2.05) is 5.38 Å². The first-order valence-electron chi connectivity index (χ1n) is 10.2. The second-order valence-corrected chi connectivity index (χ2v) is 8.25. The zero-order valence-corrected chi connectivity index (χ0v) is 17.8. The van der Waals surface area contributed by atoms with Crippen LogP contribution in [-0.4, -0.2) is 28.9 Å². The average molecular weight is 430 g/mol. The standard InChI is InChI=1S/C21H27N5O3S/c1-14(27)22-16-8-5-9-17(12-16)23-19(28)11-10-18-13-30-21(25-18)26-20(29)24-15-6-3-2-4-7-15/h5,8-9,12-13,15H,2-4,6-7,10-11H2,1H3,(H,22,27)(H,23,28)(H2,24,25,26,29). The Bertz CT molecular complexity index is 892. The molecule has 0 unspecified atom stereocenters. The third-order valence-electron chi connectivity index (χ3n) is 4.79. The summed E-state index contributed by atoms with van der Waals surface area (Å²) in [6.45, 7) is 1.43. The molecule has 1 fully saturated rings. The number of hydrogen-bond acceptors (Lipinski definition) is 5. The Labute approximate surface area is 179 Å². The molecule has 0 spiro atoms. The van der Waals surface area contributed by atoms with Crippen molar-refractivity contribution in [1.82, 2.24) is 10.3 Å². The van der Waals surface area contributed by atoms with Gasteiger partial charge in [0.1, 0.15) is 0 Å². The van der Waals surface area contributed by atoms with Gasteiger partial charge in [-0.1, -0.05) is 25.3 Å². The fourth-order valence-corrected chi connectivity index (χ4v) is 4.13. The molecule has 4 N–H and O–H groups in total. The summed E-state index contributed by atoms with van der Waals surface area (Å²) < 4.78 is 0. The largest absolute Gasteiger partial charge is 0.335 e. The van der Waals surface area contributed by atoms with Gasteiger partial charge in [-0.05, 0) is 37.5 Å². The summed E-state index contributed by atoms with van der Waals surface area (Å²) in [6.07, 6.45) is 6.35. The van der Waals surface area contributed by atoms with Crippen LogP contribution in [0.1, 0.15) is 51.1 Å². The van der Waals surface area contributed by atoms with Gasteiger partial charge in [0.15, 0.2) is 5.13 Å². The topological polar surface area (TPSA) is 112 Å². The number of carbonyl (C=O) groups is 3. The van der Waals surface area contributed by atoms with E-state index < -0.39 is 0 Å². The number of nitrogens with zero attached hydrogens (tertiary/aromatic N) is 1. The first kappa shape index (κ1) is 21.8. The minimum atomic E-state index is -0.223. The minimum Gasteiger partial charge on any atom is -0.335 e. The maximum atomic E-state index is 12.2. The van der Waals surface area contributed by atoms with Crippen LogP contribution < -0.4 is 21.3 Å². The number of thiazole rings is 1. The first-order valence-corrected chi connectivity index (χ1v) is 11.1. The van der Waals surface area contributed by atoms with Crippen LogP contribution in [-0.2, 0) is 16.0 Å². The zero-order valence-electron chi connectivity index (χ0n) is 17.0. The van der Waals surface area contributed by atoms with Crippen molar-refractivity contribution in [2.45, 2.75) is 57.9 Å². The summed E-state index contributed by atoms with van der Waals surface area (Å²) >= 11 is 1.35. The van der Waals surface area contributed by atoms with Gasteiger partial charge in [0.25, 0.3) is 0 Å². The Kier molecular flexibility index (Phi) is 7.78. The van der Waals surface area contributed by atoms with E-state index in [1.165, 1.54) is 24.7 Å². The molecule has 1 aromatic heterocycles. The first-order chi connectivity index (χ1) is 14.5. The second-order valence-electron chi connectivity index (χ2n) is 7.39. The van der Waals surface area contributed by atoms with Crippen LogP contribution in [0.15, 0.2) is 29.6 Å². The van der Waals surface area contributed by atoms with Crippen LogP contribution in [0, 0.1) is 0 Å². The van der Waals surface area contributed by atoms with Crippen molar-refractivity contribution in [3.63, 3.8) is 0 Å². The van der Waals surface area contributed by atoms with Crippen molar-refractivity contribution in [2.24, 2.45) is 0 Å². The van der Waals surface area contributed by atoms with Gasteiger partial charge in [-0.3, -0.25) is 14.9 Å². The van der Waals surface area contributed by atoms with E-state index in [0.717, 1.165) is 31.4 Å². The lowest BCUT2D eigenvalue weighted by Gasteiger charge is -2.22. The molecule has 160 valence electrons. The van der Waals surface area contributed by atoms with Crippen molar-refractivity contribution < 1.29 is 14.4 Å². The Hall–Kier alpha value is -2.94. The number of urea groups is 1. The number of benzene rings is 1. The molecule has 1 saturated carbocycles. The summed E-state index contributed by atoms with van der Waals surface area (Å²) in [5.41, 5.74) is 2.00. The van der Waals surface area contributed by atoms with Gasteiger partial charge in [-0.25, -0.2) is 9.78 Å². The molecule has 0 radical (unpaired) electrons. The Morgan fingerprint density at radius 3 is 2.53 bits per heavy atom. The lowest BCUT2D eigenvalue weighted by atomic mass is 9.96. The highest BCUT2D eigenvalue weighted by molar-refractivity contribution is 7.13. The van der Waals surface area contributed by atoms with E-state index in [4.69, 9.17) is 0 Å². The normalized spacial score (nSPS) is 14.0. The molecule has 1 aliphatic carbocycles. The van der Waals surface area contributed by atoms with Gasteiger partial charge in [0.05, 0.1) is 5.69 Å². The number of aromatic nitrogens is 1. The fraction of sp³-hybridized carbons (Fsp3) is 0.429. The average Bonchev–Trinajstić information content (AvgIpc) is 3.14. The highest BCUT2D eigenvalue weighted by Crippen LogP contribution is 2.20. The number of amides is 4. The Morgan fingerprint density at radius 1 is 1.07 bits per heavy atom. The predicted molar refractivity (Wildman–Crippen MR) is 119 cm³/mol. The maximum absolute atomic E-state index is 12.2. The van der Waals surface area contributed by atoms with Crippen LogP contribution >= 0.6 is 11.3 Å². The molecule has 0 saturated heterocycles. The highest BCUT2D eigenvalue weighted by Gasteiger charge is 2.16. The maximum Gasteiger partial charge on any atom is 0.321 e. The number of rotatable bonds is 7. The van der Waals surface area contributed by atoms with Crippen molar-refractivity contribution in [3.05, 3.63) is 35.3 Å². The Morgan fingerprint density at radius 2 is 1.80 bits per heavy atom. The molecule has 9 heteroatoms. The monoisotopic (exact) mass is 429 g/mol. The summed E-state index contributed by atoms with van der Waals surface area (Å²) in [7, 11) is 0. The third kappa shape index (κ3) is 7.14. The number of anilines is 3. The van der Waals surface area contributed by atoms with Crippen LogP contribution in [0.5, 0.6) is 0 Å². The predicted octanol–water partition coefficient (Wildman–Crippen LogP) is 4.13. The van der Waals surface area contributed by atoms with Gasteiger partial charge in [0.2, 0.25) is 11.8 Å².